The number of aromatic hydroxyl groups is 1. The Kier molecular flexibility index (Phi) is 5.85. The van der Waals surface area contributed by atoms with E-state index in [2.05, 4.69) is 5.32 Å². The Bertz CT molecular complexity index is 445. The third-order valence-electron chi connectivity index (χ3n) is 2.77. The predicted molar refractivity (Wildman–Crippen MR) is 70.9 cm³/mol. The Labute approximate surface area is 112 Å². The number of hydrogen-bond acceptors (Lipinski definition) is 3. The van der Waals surface area contributed by atoms with Crippen LogP contribution in [-0.2, 0) is 16.0 Å². The molecular weight excluding hydrogens is 246 g/mol. The minimum Gasteiger partial charge on any atom is -0.508 e. The molecule has 1 aromatic rings. The van der Waals surface area contributed by atoms with E-state index in [-0.39, 0.29) is 30.4 Å². The second kappa shape index (κ2) is 7.41. The fourth-order valence-corrected chi connectivity index (χ4v) is 1.67. The normalized spacial score (nSPS) is 11.8. The van der Waals surface area contributed by atoms with Gasteiger partial charge in [-0.15, -0.1) is 0 Å². The molecule has 0 heterocycles. The lowest BCUT2D eigenvalue weighted by Crippen LogP contribution is -2.29. The van der Waals surface area contributed by atoms with Crippen LogP contribution in [0.4, 0.5) is 0 Å². The van der Waals surface area contributed by atoms with Gasteiger partial charge in [0.2, 0.25) is 5.91 Å². The first-order valence-corrected chi connectivity index (χ1v) is 6.23. The van der Waals surface area contributed by atoms with E-state index in [1.54, 1.807) is 24.3 Å². The molecule has 0 aliphatic heterocycles. The Morgan fingerprint density at radius 3 is 2.74 bits per heavy atom. The van der Waals surface area contributed by atoms with Gasteiger partial charge in [-0.25, -0.2) is 0 Å². The van der Waals surface area contributed by atoms with Crippen molar-refractivity contribution >= 4 is 11.9 Å². The molecule has 1 rings (SSSR count). The van der Waals surface area contributed by atoms with Gasteiger partial charge in [-0.1, -0.05) is 19.1 Å². The topological polar surface area (TPSA) is 86.6 Å². The Morgan fingerprint density at radius 2 is 2.11 bits per heavy atom. The summed E-state index contributed by atoms with van der Waals surface area (Å²) >= 11 is 0. The molecule has 1 aromatic carbocycles. The standard InChI is InChI=1S/C14H19NO4/c1-10(5-6-14(18)19)9-15-13(17)8-11-3-2-4-12(16)7-11/h2-4,7,10,16H,5-6,8-9H2,1H3,(H,15,17)(H,18,19). The van der Waals surface area contributed by atoms with Crippen LogP contribution >= 0.6 is 0 Å². The summed E-state index contributed by atoms with van der Waals surface area (Å²) in [6.45, 7) is 2.36. The molecule has 3 N–H and O–H groups in total. The van der Waals surface area contributed by atoms with Crippen LogP contribution in [0.2, 0.25) is 0 Å². The van der Waals surface area contributed by atoms with Gasteiger partial charge in [-0.2, -0.15) is 0 Å². The number of carboxylic acids is 1. The number of phenols is 1. The zero-order valence-corrected chi connectivity index (χ0v) is 10.9. The van der Waals surface area contributed by atoms with Crippen molar-refractivity contribution in [3.05, 3.63) is 29.8 Å². The van der Waals surface area contributed by atoms with E-state index in [9.17, 15) is 14.7 Å². The summed E-state index contributed by atoms with van der Waals surface area (Å²) in [7, 11) is 0. The van der Waals surface area contributed by atoms with Crippen LogP contribution in [0.1, 0.15) is 25.3 Å². The van der Waals surface area contributed by atoms with Gasteiger partial charge in [0.25, 0.3) is 0 Å². The number of phenolic OH excluding ortho intramolecular Hbond substituents is 1. The first-order chi connectivity index (χ1) is 8.97. The summed E-state index contributed by atoms with van der Waals surface area (Å²) in [6.07, 6.45) is 0.866. The van der Waals surface area contributed by atoms with Gasteiger partial charge >= 0.3 is 5.97 Å². The van der Waals surface area contributed by atoms with Crippen molar-refractivity contribution in [2.45, 2.75) is 26.2 Å². The molecule has 0 saturated heterocycles. The van der Waals surface area contributed by atoms with Gasteiger partial charge in [0.15, 0.2) is 0 Å². The summed E-state index contributed by atoms with van der Waals surface area (Å²) in [4.78, 5) is 22.1. The lowest BCUT2D eigenvalue weighted by Gasteiger charge is -2.11. The molecule has 104 valence electrons. The van der Waals surface area contributed by atoms with Gasteiger partial charge in [-0.3, -0.25) is 9.59 Å². The number of carbonyl (C=O) groups excluding carboxylic acids is 1. The van der Waals surface area contributed by atoms with E-state index in [0.717, 1.165) is 5.56 Å². The number of aliphatic carboxylic acids is 1. The number of nitrogens with one attached hydrogen (secondary N) is 1. The number of amides is 1. The highest BCUT2D eigenvalue weighted by atomic mass is 16.4. The number of benzene rings is 1. The van der Waals surface area contributed by atoms with Crippen molar-refractivity contribution in [2.24, 2.45) is 5.92 Å². The van der Waals surface area contributed by atoms with Crippen LogP contribution in [0.5, 0.6) is 5.75 Å². The van der Waals surface area contributed by atoms with E-state index >= 15 is 0 Å². The van der Waals surface area contributed by atoms with Gasteiger partial charge in [0.05, 0.1) is 6.42 Å². The molecule has 0 spiro atoms. The summed E-state index contributed by atoms with van der Waals surface area (Å²) in [6, 6.07) is 6.56. The van der Waals surface area contributed by atoms with Crippen molar-refractivity contribution in [2.75, 3.05) is 6.54 Å². The molecule has 0 fully saturated rings. The molecule has 1 unspecified atom stereocenters. The minimum atomic E-state index is -0.821. The van der Waals surface area contributed by atoms with Gasteiger partial charge < -0.3 is 15.5 Å². The van der Waals surface area contributed by atoms with E-state index in [1.807, 2.05) is 6.92 Å². The van der Waals surface area contributed by atoms with Gasteiger partial charge in [0, 0.05) is 13.0 Å². The van der Waals surface area contributed by atoms with Crippen molar-refractivity contribution in [3.63, 3.8) is 0 Å². The highest BCUT2D eigenvalue weighted by Crippen LogP contribution is 2.11. The van der Waals surface area contributed by atoms with Crippen LogP contribution in [0.15, 0.2) is 24.3 Å². The SMILES string of the molecule is CC(CCC(=O)O)CNC(=O)Cc1cccc(O)c1. The van der Waals surface area contributed by atoms with Crippen LogP contribution in [0.25, 0.3) is 0 Å². The summed E-state index contributed by atoms with van der Waals surface area (Å²) in [5.41, 5.74) is 0.746. The molecular formula is C14H19NO4. The number of carbonyl (C=O) groups is 2. The quantitative estimate of drug-likeness (QED) is 0.698. The minimum absolute atomic E-state index is 0.115. The lowest BCUT2D eigenvalue weighted by atomic mass is 10.1. The Morgan fingerprint density at radius 1 is 1.37 bits per heavy atom. The van der Waals surface area contributed by atoms with Crippen molar-refractivity contribution in [3.8, 4) is 5.75 Å². The maximum Gasteiger partial charge on any atom is 0.303 e. The maximum absolute atomic E-state index is 11.7. The largest absolute Gasteiger partial charge is 0.508 e. The second-order valence-electron chi connectivity index (χ2n) is 4.69. The fraction of sp³-hybridized carbons (Fsp3) is 0.429. The molecule has 0 aliphatic rings. The zero-order valence-electron chi connectivity index (χ0n) is 10.9. The summed E-state index contributed by atoms with van der Waals surface area (Å²) in [5.74, 6) is -0.685. The van der Waals surface area contributed by atoms with E-state index in [0.29, 0.717) is 13.0 Å². The molecule has 0 aromatic heterocycles. The van der Waals surface area contributed by atoms with E-state index < -0.39 is 5.97 Å². The monoisotopic (exact) mass is 265 g/mol. The molecule has 0 bridgehead atoms. The lowest BCUT2D eigenvalue weighted by molar-refractivity contribution is -0.137. The first-order valence-electron chi connectivity index (χ1n) is 6.23. The zero-order chi connectivity index (χ0) is 14.3. The molecule has 0 radical (unpaired) electrons. The number of rotatable bonds is 7. The predicted octanol–water partition coefficient (Wildman–Crippen LogP) is 1.55. The van der Waals surface area contributed by atoms with Crippen LogP contribution in [0, 0.1) is 5.92 Å². The summed E-state index contributed by atoms with van der Waals surface area (Å²) < 4.78 is 0. The number of hydrogen-bond donors (Lipinski definition) is 3. The van der Waals surface area contributed by atoms with E-state index in [1.165, 1.54) is 0 Å². The van der Waals surface area contributed by atoms with Crippen LogP contribution in [0.3, 0.4) is 0 Å². The van der Waals surface area contributed by atoms with Gasteiger partial charge in [0.1, 0.15) is 5.75 Å². The smallest absolute Gasteiger partial charge is 0.303 e. The van der Waals surface area contributed by atoms with Crippen LogP contribution in [-0.4, -0.2) is 28.6 Å². The summed E-state index contributed by atoms with van der Waals surface area (Å²) in [5, 5.41) is 20.6. The fourth-order valence-electron chi connectivity index (χ4n) is 1.67. The Hall–Kier alpha value is -2.04. The van der Waals surface area contributed by atoms with Crippen molar-refractivity contribution in [1.29, 1.82) is 0 Å². The van der Waals surface area contributed by atoms with Crippen molar-refractivity contribution < 1.29 is 19.8 Å². The maximum atomic E-state index is 11.7. The molecule has 5 nitrogen and oxygen atoms in total. The third-order valence-corrected chi connectivity index (χ3v) is 2.77. The molecule has 1 amide bonds. The molecule has 19 heavy (non-hydrogen) atoms. The highest BCUT2D eigenvalue weighted by molar-refractivity contribution is 5.78. The van der Waals surface area contributed by atoms with E-state index in [4.69, 9.17) is 5.11 Å². The molecule has 1 atom stereocenters. The van der Waals surface area contributed by atoms with Gasteiger partial charge in [-0.05, 0) is 30.0 Å². The van der Waals surface area contributed by atoms with Crippen molar-refractivity contribution in [1.82, 2.24) is 5.32 Å². The average Bonchev–Trinajstić information content (AvgIpc) is 2.34. The average molecular weight is 265 g/mol. The highest BCUT2D eigenvalue weighted by Gasteiger charge is 2.08. The number of carboxylic acid groups (broad SMARTS) is 1. The van der Waals surface area contributed by atoms with Crippen LogP contribution < -0.4 is 5.32 Å². The first kappa shape index (κ1) is 15.0. The Balaban J connectivity index is 2.30. The molecule has 0 aliphatic carbocycles. The molecule has 5 heteroatoms. The molecule has 0 saturated carbocycles. The third kappa shape index (κ3) is 6.45. The second-order valence-corrected chi connectivity index (χ2v) is 4.69.